The van der Waals surface area contributed by atoms with Gasteiger partial charge in [-0.15, -0.1) is 0 Å². The van der Waals surface area contributed by atoms with E-state index in [9.17, 15) is 27.6 Å². The topological polar surface area (TPSA) is 84.3 Å². The third-order valence-electron chi connectivity index (χ3n) is 4.56. The van der Waals surface area contributed by atoms with E-state index in [1.165, 1.54) is 12.1 Å². The lowest BCUT2D eigenvalue weighted by Crippen LogP contribution is -2.33. The number of nitrogens with one attached hydrogen (secondary N) is 1. The highest BCUT2D eigenvalue weighted by Gasteiger charge is 2.40. The molecule has 1 aliphatic rings. The molecule has 1 N–H and O–H groups in total. The fraction of sp³-hybridized carbons (Fsp3) is 0.368. The van der Waals surface area contributed by atoms with Crippen LogP contribution in [0.5, 0.6) is 0 Å². The van der Waals surface area contributed by atoms with Crippen LogP contribution in [0.3, 0.4) is 0 Å². The number of hydrogen-bond donors (Lipinski definition) is 1. The monoisotopic (exact) mass is 408 g/mol. The Bertz CT molecular complexity index is 919. The summed E-state index contributed by atoms with van der Waals surface area (Å²) in [5.74, 6) is -1.48. The first kappa shape index (κ1) is 20.6. The van der Waals surface area contributed by atoms with Gasteiger partial charge in [-0.3, -0.25) is 19.3 Å². The Morgan fingerprint density at radius 2 is 1.76 bits per heavy atom. The van der Waals surface area contributed by atoms with Gasteiger partial charge in [0.1, 0.15) is 0 Å². The van der Waals surface area contributed by atoms with Gasteiger partial charge in [0.2, 0.25) is 11.8 Å². The smallest absolute Gasteiger partial charge is 0.352 e. The molecule has 1 saturated heterocycles. The molecule has 2 aromatic rings. The molecule has 0 saturated carbocycles. The number of imide groups is 1. The van der Waals surface area contributed by atoms with E-state index in [0.29, 0.717) is 4.68 Å². The number of nitrogens with zero attached hydrogens (tertiary/aromatic N) is 3. The Balaban J connectivity index is 1.71. The van der Waals surface area contributed by atoms with Crippen LogP contribution in [0.25, 0.3) is 5.69 Å². The molecule has 0 aliphatic carbocycles. The normalized spacial score (nSPS) is 14.6. The SMILES string of the molecule is Cc1ccc(-n2ncc(C(=O)NCCCN3C(=O)CCC3=O)c2C(F)(F)F)cc1. The lowest BCUT2D eigenvalue weighted by atomic mass is 10.2. The van der Waals surface area contributed by atoms with Crippen LogP contribution in [0, 0.1) is 6.92 Å². The van der Waals surface area contributed by atoms with Gasteiger partial charge >= 0.3 is 6.18 Å². The number of benzene rings is 1. The molecule has 3 rings (SSSR count). The fourth-order valence-corrected chi connectivity index (χ4v) is 3.08. The van der Waals surface area contributed by atoms with E-state index in [-0.39, 0.29) is 49.9 Å². The van der Waals surface area contributed by atoms with Crippen molar-refractivity contribution in [1.29, 1.82) is 0 Å². The molecule has 1 aliphatic heterocycles. The molecular formula is C19H19F3N4O3. The van der Waals surface area contributed by atoms with Crippen molar-refractivity contribution in [3.63, 3.8) is 0 Å². The molecule has 154 valence electrons. The zero-order chi connectivity index (χ0) is 21.2. The Kier molecular flexibility index (Phi) is 5.71. The third kappa shape index (κ3) is 4.47. The number of hydrogen-bond acceptors (Lipinski definition) is 4. The van der Waals surface area contributed by atoms with E-state index < -0.39 is 23.3 Å². The second kappa shape index (κ2) is 8.06. The largest absolute Gasteiger partial charge is 0.434 e. The van der Waals surface area contributed by atoms with Crippen molar-refractivity contribution in [2.45, 2.75) is 32.4 Å². The van der Waals surface area contributed by atoms with Crippen molar-refractivity contribution in [2.75, 3.05) is 13.1 Å². The van der Waals surface area contributed by atoms with Crippen LogP contribution in [-0.4, -0.2) is 45.5 Å². The van der Waals surface area contributed by atoms with E-state index in [1.807, 2.05) is 0 Å². The van der Waals surface area contributed by atoms with Gasteiger partial charge in [0.25, 0.3) is 5.91 Å². The average molecular weight is 408 g/mol. The molecule has 1 fully saturated rings. The predicted molar refractivity (Wildman–Crippen MR) is 96.2 cm³/mol. The first-order chi connectivity index (χ1) is 13.7. The number of aromatic nitrogens is 2. The number of aryl methyl sites for hydroxylation is 1. The minimum Gasteiger partial charge on any atom is -0.352 e. The minimum absolute atomic E-state index is 0.0168. The molecule has 0 bridgehead atoms. The zero-order valence-corrected chi connectivity index (χ0v) is 15.6. The number of likely N-dealkylation sites (tertiary alicyclic amines) is 1. The molecule has 0 unspecified atom stereocenters. The first-order valence-corrected chi connectivity index (χ1v) is 9.02. The molecule has 1 aromatic carbocycles. The third-order valence-corrected chi connectivity index (χ3v) is 4.56. The van der Waals surface area contributed by atoms with Crippen LogP contribution in [-0.2, 0) is 15.8 Å². The summed E-state index contributed by atoms with van der Waals surface area (Å²) in [6.07, 6.45) is -3.33. The van der Waals surface area contributed by atoms with E-state index >= 15 is 0 Å². The number of amides is 3. The first-order valence-electron chi connectivity index (χ1n) is 9.02. The summed E-state index contributed by atoms with van der Waals surface area (Å²) in [6, 6.07) is 6.28. The average Bonchev–Trinajstić information content (AvgIpc) is 3.24. The summed E-state index contributed by atoms with van der Waals surface area (Å²) >= 11 is 0. The number of alkyl halides is 3. The van der Waals surface area contributed by atoms with E-state index in [2.05, 4.69) is 10.4 Å². The number of carbonyl (C=O) groups is 3. The van der Waals surface area contributed by atoms with Crippen molar-refractivity contribution in [3.8, 4) is 5.69 Å². The lowest BCUT2D eigenvalue weighted by molar-refractivity contribution is -0.143. The predicted octanol–water partition coefficient (Wildman–Crippen LogP) is 2.47. The molecule has 1 aromatic heterocycles. The van der Waals surface area contributed by atoms with Crippen LogP contribution < -0.4 is 5.32 Å². The highest BCUT2D eigenvalue weighted by atomic mass is 19.4. The Hall–Kier alpha value is -3.17. The van der Waals surface area contributed by atoms with Gasteiger partial charge in [-0.05, 0) is 25.5 Å². The maximum Gasteiger partial charge on any atom is 0.434 e. The van der Waals surface area contributed by atoms with Crippen molar-refractivity contribution in [1.82, 2.24) is 20.0 Å². The van der Waals surface area contributed by atoms with Crippen LogP contribution in [0.15, 0.2) is 30.5 Å². The van der Waals surface area contributed by atoms with Gasteiger partial charge in [-0.1, -0.05) is 17.7 Å². The van der Waals surface area contributed by atoms with Crippen LogP contribution in [0.2, 0.25) is 0 Å². The summed E-state index contributed by atoms with van der Waals surface area (Å²) in [5.41, 5.74) is -0.689. The lowest BCUT2D eigenvalue weighted by Gasteiger charge is -2.14. The van der Waals surface area contributed by atoms with Gasteiger partial charge in [0.05, 0.1) is 17.4 Å². The summed E-state index contributed by atoms with van der Waals surface area (Å²) in [7, 11) is 0. The van der Waals surface area contributed by atoms with Crippen molar-refractivity contribution in [3.05, 3.63) is 47.3 Å². The highest BCUT2D eigenvalue weighted by molar-refractivity contribution is 6.01. The second-order valence-corrected chi connectivity index (χ2v) is 6.70. The van der Waals surface area contributed by atoms with Crippen molar-refractivity contribution < 1.29 is 27.6 Å². The molecule has 7 nitrogen and oxygen atoms in total. The summed E-state index contributed by atoms with van der Waals surface area (Å²) in [5, 5.41) is 6.15. The standard InChI is InChI=1S/C19H19F3N4O3/c1-12-3-5-13(6-4-12)26-17(19(20,21)22)14(11-24-26)18(29)23-9-2-10-25-15(27)7-8-16(25)28/h3-6,11H,2,7-10H2,1H3,(H,23,29). The summed E-state index contributed by atoms with van der Waals surface area (Å²) in [6.45, 7) is 1.94. The molecule has 0 radical (unpaired) electrons. The van der Waals surface area contributed by atoms with Gasteiger partial charge in [-0.2, -0.15) is 18.3 Å². The molecule has 29 heavy (non-hydrogen) atoms. The molecule has 0 atom stereocenters. The van der Waals surface area contributed by atoms with Gasteiger partial charge in [0, 0.05) is 25.9 Å². The highest BCUT2D eigenvalue weighted by Crippen LogP contribution is 2.33. The molecule has 2 heterocycles. The fourth-order valence-electron chi connectivity index (χ4n) is 3.08. The van der Waals surface area contributed by atoms with E-state index in [0.717, 1.165) is 16.7 Å². The number of halogens is 3. The van der Waals surface area contributed by atoms with Crippen molar-refractivity contribution >= 4 is 17.7 Å². The number of rotatable bonds is 6. The summed E-state index contributed by atoms with van der Waals surface area (Å²) in [4.78, 5) is 36.5. The minimum atomic E-state index is -4.79. The maximum atomic E-state index is 13.6. The molecule has 0 spiro atoms. The van der Waals surface area contributed by atoms with E-state index in [4.69, 9.17) is 0 Å². The van der Waals surface area contributed by atoms with Gasteiger partial charge in [-0.25, -0.2) is 4.68 Å². The van der Waals surface area contributed by atoms with Crippen molar-refractivity contribution in [2.24, 2.45) is 0 Å². The molecule has 3 amide bonds. The Morgan fingerprint density at radius 1 is 1.14 bits per heavy atom. The number of carbonyl (C=O) groups excluding carboxylic acids is 3. The molecule has 10 heteroatoms. The second-order valence-electron chi connectivity index (χ2n) is 6.70. The summed E-state index contributed by atoms with van der Waals surface area (Å²) < 4.78 is 41.6. The molecular weight excluding hydrogens is 389 g/mol. The Morgan fingerprint density at radius 3 is 2.34 bits per heavy atom. The van der Waals surface area contributed by atoms with E-state index in [1.54, 1.807) is 19.1 Å². The van der Waals surface area contributed by atoms with Crippen LogP contribution in [0.1, 0.15) is 40.9 Å². The van der Waals surface area contributed by atoms with Gasteiger partial charge < -0.3 is 5.32 Å². The zero-order valence-electron chi connectivity index (χ0n) is 15.6. The van der Waals surface area contributed by atoms with Crippen LogP contribution in [0.4, 0.5) is 13.2 Å². The van der Waals surface area contributed by atoms with Crippen LogP contribution >= 0.6 is 0 Å². The quantitative estimate of drug-likeness (QED) is 0.588. The Labute approximate surface area is 164 Å². The van der Waals surface area contributed by atoms with Gasteiger partial charge in [0.15, 0.2) is 5.69 Å². The maximum absolute atomic E-state index is 13.6.